The molecule has 2 aromatic rings. The van der Waals surface area contributed by atoms with Gasteiger partial charge in [-0.05, 0) is 17.7 Å². The van der Waals surface area contributed by atoms with Gasteiger partial charge in [-0.1, -0.05) is 48.5 Å². The van der Waals surface area contributed by atoms with Crippen LogP contribution in [0.4, 0.5) is 5.69 Å². The Labute approximate surface area is 111 Å². The zero-order chi connectivity index (χ0) is 13.1. The Morgan fingerprint density at radius 1 is 1.00 bits per heavy atom. The summed E-state index contributed by atoms with van der Waals surface area (Å²) < 4.78 is 5.53. The van der Waals surface area contributed by atoms with Gasteiger partial charge in [-0.2, -0.15) is 5.43 Å². The average Bonchev–Trinajstić information content (AvgIpc) is 2.49. The van der Waals surface area contributed by atoms with Crippen molar-refractivity contribution in [3.63, 3.8) is 0 Å². The Bertz CT molecular complexity index is 557. The average molecular weight is 254 g/mol. The van der Waals surface area contributed by atoms with E-state index in [1.807, 2.05) is 60.7 Å². The second-order valence-electron chi connectivity index (χ2n) is 4.30. The number of nitrogens with one attached hydrogen (secondary N) is 1. The normalized spacial score (nSPS) is 19.5. The van der Waals surface area contributed by atoms with Crippen molar-refractivity contribution in [3.05, 3.63) is 66.2 Å². The summed E-state index contributed by atoms with van der Waals surface area (Å²) in [4.78, 5) is 11.9. The van der Waals surface area contributed by atoms with Gasteiger partial charge in [0.2, 0.25) is 0 Å². The molecule has 0 bridgehead atoms. The number of anilines is 1. The number of benzene rings is 2. The van der Waals surface area contributed by atoms with Crippen LogP contribution in [0, 0.1) is 0 Å². The van der Waals surface area contributed by atoms with Crippen LogP contribution < -0.4 is 10.4 Å². The summed E-state index contributed by atoms with van der Waals surface area (Å²) in [5.41, 5.74) is 4.91. The minimum Gasteiger partial charge on any atom is -0.348 e. The van der Waals surface area contributed by atoms with Gasteiger partial charge in [0.05, 0.1) is 5.69 Å². The molecule has 0 aliphatic carbocycles. The molecule has 0 spiro atoms. The van der Waals surface area contributed by atoms with Crippen LogP contribution in [0.1, 0.15) is 11.8 Å². The number of para-hydroxylation sites is 1. The summed E-state index contributed by atoms with van der Waals surface area (Å²) in [5.74, 6) is -0.0987. The molecule has 96 valence electrons. The van der Waals surface area contributed by atoms with Crippen LogP contribution in [0.3, 0.4) is 0 Å². The maximum Gasteiger partial charge on any atom is 0.267 e. The second-order valence-corrected chi connectivity index (χ2v) is 4.30. The minimum atomic E-state index is -0.306. The molecule has 0 radical (unpaired) electrons. The summed E-state index contributed by atoms with van der Waals surface area (Å²) in [5, 5.41) is 1.54. The lowest BCUT2D eigenvalue weighted by atomic mass is 10.2. The van der Waals surface area contributed by atoms with Crippen molar-refractivity contribution in [2.24, 2.45) is 0 Å². The maximum atomic E-state index is 11.9. The van der Waals surface area contributed by atoms with Gasteiger partial charge in [-0.3, -0.25) is 4.79 Å². The highest BCUT2D eigenvalue weighted by molar-refractivity contribution is 5.93. The van der Waals surface area contributed by atoms with Gasteiger partial charge in [0.25, 0.3) is 5.91 Å². The number of hydrogen-bond acceptors (Lipinski definition) is 3. The van der Waals surface area contributed by atoms with E-state index in [4.69, 9.17) is 4.74 Å². The molecule has 1 atom stereocenters. The van der Waals surface area contributed by atoms with E-state index in [1.54, 1.807) is 5.01 Å². The van der Waals surface area contributed by atoms with Crippen LogP contribution in [-0.4, -0.2) is 12.5 Å². The Morgan fingerprint density at radius 2 is 1.63 bits per heavy atom. The summed E-state index contributed by atoms with van der Waals surface area (Å²) in [6, 6.07) is 19.3. The highest BCUT2D eigenvalue weighted by atomic mass is 16.5. The molecule has 4 nitrogen and oxygen atoms in total. The number of hydrazine groups is 1. The molecule has 2 aromatic carbocycles. The first-order chi connectivity index (χ1) is 9.34. The number of ether oxygens (including phenoxy) is 1. The molecule has 3 rings (SSSR count). The molecule has 1 unspecified atom stereocenters. The van der Waals surface area contributed by atoms with Gasteiger partial charge in [0.1, 0.15) is 6.61 Å². The zero-order valence-corrected chi connectivity index (χ0v) is 10.3. The predicted octanol–water partition coefficient (Wildman–Crippen LogP) is 2.25. The molecule has 0 saturated carbocycles. The number of carbonyl (C=O) groups excluding carboxylic acids is 1. The molecule has 1 amide bonds. The smallest absolute Gasteiger partial charge is 0.267 e. The standard InChI is InChI=1S/C15H14N2O2/c18-14-11-19-15(12-7-3-1-4-8-12)16-17(14)13-9-5-2-6-10-13/h1-10,15-16H,11H2. The first kappa shape index (κ1) is 11.9. The van der Waals surface area contributed by atoms with Crippen molar-refractivity contribution in [2.45, 2.75) is 6.23 Å². The van der Waals surface area contributed by atoms with Crippen molar-refractivity contribution >= 4 is 11.6 Å². The van der Waals surface area contributed by atoms with Crippen molar-refractivity contribution in [1.29, 1.82) is 0 Å². The van der Waals surface area contributed by atoms with Gasteiger partial charge in [-0.15, -0.1) is 0 Å². The van der Waals surface area contributed by atoms with E-state index in [-0.39, 0.29) is 18.7 Å². The highest BCUT2D eigenvalue weighted by Gasteiger charge is 2.27. The lowest BCUT2D eigenvalue weighted by molar-refractivity contribution is -0.133. The van der Waals surface area contributed by atoms with Crippen molar-refractivity contribution in [2.75, 3.05) is 11.6 Å². The van der Waals surface area contributed by atoms with E-state index in [9.17, 15) is 4.79 Å². The molecule has 0 aromatic heterocycles. The molecule has 1 N–H and O–H groups in total. The van der Waals surface area contributed by atoms with Gasteiger partial charge in [-0.25, -0.2) is 5.01 Å². The third-order valence-corrected chi connectivity index (χ3v) is 2.99. The van der Waals surface area contributed by atoms with Crippen LogP contribution in [0.15, 0.2) is 60.7 Å². The molecule has 4 heteroatoms. The summed E-state index contributed by atoms with van der Waals surface area (Å²) in [7, 11) is 0. The predicted molar refractivity (Wildman–Crippen MR) is 72.2 cm³/mol. The molecular weight excluding hydrogens is 240 g/mol. The van der Waals surface area contributed by atoms with E-state index in [0.29, 0.717) is 0 Å². The fourth-order valence-electron chi connectivity index (χ4n) is 2.04. The minimum absolute atomic E-state index is 0.0709. The summed E-state index contributed by atoms with van der Waals surface area (Å²) in [6.45, 7) is 0.0709. The van der Waals surface area contributed by atoms with Crippen LogP contribution in [0.2, 0.25) is 0 Å². The molecule has 1 fully saturated rings. The van der Waals surface area contributed by atoms with Gasteiger partial charge >= 0.3 is 0 Å². The third kappa shape index (κ3) is 2.50. The van der Waals surface area contributed by atoms with Crippen molar-refractivity contribution in [3.8, 4) is 0 Å². The molecule has 1 aliphatic rings. The van der Waals surface area contributed by atoms with E-state index in [0.717, 1.165) is 11.3 Å². The number of rotatable bonds is 2. The number of amides is 1. The molecule has 19 heavy (non-hydrogen) atoms. The van der Waals surface area contributed by atoms with Crippen LogP contribution in [0.5, 0.6) is 0 Å². The Kier molecular flexibility index (Phi) is 3.27. The fourth-order valence-corrected chi connectivity index (χ4v) is 2.04. The number of nitrogens with zero attached hydrogens (tertiary/aromatic N) is 1. The molecule has 1 aliphatic heterocycles. The van der Waals surface area contributed by atoms with Crippen molar-refractivity contribution < 1.29 is 9.53 Å². The number of carbonyl (C=O) groups is 1. The first-order valence-electron chi connectivity index (χ1n) is 6.15. The molecular formula is C15H14N2O2. The summed E-state index contributed by atoms with van der Waals surface area (Å²) in [6.07, 6.45) is -0.306. The molecule has 1 saturated heterocycles. The lowest BCUT2D eigenvalue weighted by Gasteiger charge is -2.33. The van der Waals surface area contributed by atoms with Crippen LogP contribution >= 0.6 is 0 Å². The largest absolute Gasteiger partial charge is 0.348 e. The quantitative estimate of drug-likeness (QED) is 0.893. The van der Waals surface area contributed by atoms with Gasteiger partial charge < -0.3 is 4.74 Å². The Morgan fingerprint density at radius 3 is 2.32 bits per heavy atom. The van der Waals surface area contributed by atoms with Gasteiger partial charge in [0, 0.05) is 0 Å². The zero-order valence-electron chi connectivity index (χ0n) is 10.3. The van der Waals surface area contributed by atoms with E-state index < -0.39 is 0 Å². The second kappa shape index (κ2) is 5.22. The van der Waals surface area contributed by atoms with E-state index in [2.05, 4.69) is 5.43 Å². The summed E-state index contributed by atoms with van der Waals surface area (Å²) >= 11 is 0. The topological polar surface area (TPSA) is 41.6 Å². The van der Waals surface area contributed by atoms with Crippen LogP contribution in [-0.2, 0) is 9.53 Å². The fraction of sp³-hybridized carbons (Fsp3) is 0.133. The number of hydrogen-bond donors (Lipinski definition) is 1. The third-order valence-electron chi connectivity index (χ3n) is 2.99. The Balaban J connectivity index is 1.84. The Hall–Kier alpha value is -2.17. The van der Waals surface area contributed by atoms with Crippen molar-refractivity contribution in [1.82, 2.24) is 5.43 Å². The first-order valence-corrected chi connectivity index (χ1v) is 6.15. The lowest BCUT2D eigenvalue weighted by Crippen LogP contribution is -2.52. The van der Waals surface area contributed by atoms with Crippen LogP contribution in [0.25, 0.3) is 0 Å². The van der Waals surface area contributed by atoms with Gasteiger partial charge in [0.15, 0.2) is 6.23 Å². The molecule has 1 heterocycles. The monoisotopic (exact) mass is 254 g/mol. The van der Waals surface area contributed by atoms with E-state index >= 15 is 0 Å². The highest BCUT2D eigenvalue weighted by Crippen LogP contribution is 2.22. The maximum absolute atomic E-state index is 11.9. The van der Waals surface area contributed by atoms with E-state index in [1.165, 1.54) is 0 Å². The SMILES string of the molecule is O=C1COC(c2ccccc2)NN1c1ccccc1.